The number of carbonyl (C=O) groups is 1. The van der Waals surface area contributed by atoms with Crippen molar-refractivity contribution in [1.29, 1.82) is 0 Å². The van der Waals surface area contributed by atoms with Gasteiger partial charge in [-0.2, -0.15) is 5.10 Å². The van der Waals surface area contributed by atoms with Crippen LogP contribution in [0.1, 0.15) is 28.6 Å². The quantitative estimate of drug-likeness (QED) is 0.371. The average molecular weight is 420 g/mol. The van der Waals surface area contributed by atoms with Crippen LogP contribution in [0.25, 0.3) is 21.1 Å². The summed E-state index contributed by atoms with van der Waals surface area (Å²) in [6.45, 7) is 2.20. The second-order valence-electron chi connectivity index (χ2n) is 7.38. The van der Waals surface area contributed by atoms with Gasteiger partial charge in [-0.1, -0.05) is 24.3 Å². The Morgan fingerprint density at radius 2 is 1.97 bits per heavy atom. The number of aryl methyl sites for hydroxylation is 2. The van der Waals surface area contributed by atoms with E-state index in [0.29, 0.717) is 4.88 Å². The fourth-order valence-electron chi connectivity index (χ4n) is 3.72. The molecule has 152 valence electrons. The zero-order valence-electron chi connectivity index (χ0n) is 16.8. The molecule has 1 amide bonds. The van der Waals surface area contributed by atoms with Crippen LogP contribution < -0.4 is 14.9 Å². The molecular formula is C23H21N3O3S. The lowest BCUT2D eigenvalue weighted by Crippen LogP contribution is -2.18. The molecule has 2 aromatic heterocycles. The van der Waals surface area contributed by atoms with E-state index in [9.17, 15) is 4.79 Å². The van der Waals surface area contributed by atoms with Crippen molar-refractivity contribution < 1.29 is 14.3 Å². The maximum Gasteiger partial charge on any atom is 0.281 e. The molecule has 6 nitrogen and oxygen atoms in total. The summed E-state index contributed by atoms with van der Waals surface area (Å²) in [6.07, 6.45) is 1.56. The molecule has 7 heteroatoms. The molecule has 0 aliphatic carbocycles. The van der Waals surface area contributed by atoms with E-state index in [0.717, 1.165) is 51.2 Å². The zero-order chi connectivity index (χ0) is 20.7. The molecule has 0 unspecified atom stereocenters. The summed E-state index contributed by atoms with van der Waals surface area (Å²) in [7, 11) is 2.03. The van der Waals surface area contributed by atoms with Crippen molar-refractivity contribution >= 4 is 44.1 Å². The lowest BCUT2D eigenvalue weighted by Gasteiger charge is -2.04. The van der Waals surface area contributed by atoms with E-state index in [1.807, 2.05) is 50.4 Å². The normalized spacial score (nSPS) is 13.3. The van der Waals surface area contributed by atoms with Gasteiger partial charge in [0.05, 0.1) is 4.88 Å². The molecule has 1 N–H and O–H groups in total. The van der Waals surface area contributed by atoms with E-state index < -0.39 is 0 Å². The third kappa shape index (κ3) is 3.31. The monoisotopic (exact) mass is 419 g/mol. The van der Waals surface area contributed by atoms with E-state index in [1.54, 1.807) is 0 Å². The van der Waals surface area contributed by atoms with Crippen LogP contribution in [0.15, 0.2) is 53.6 Å². The number of amides is 1. The van der Waals surface area contributed by atoms with Crippen molar-refractivity contribution in [1.82, 2.24) is 9.99 Å². The van der Waals surface area contributed by atoms with Crippen molar-refractivity contribution in [3.05, 3.63) is 59.0 Å². The first kappa shape index (κ1) is 18.7. The number of benzene rings is 2. The molecule has 3 heterocycles. The number of carbonyl (C=O) groups excluding carboxylic acids is 1. The first-order valence-electron chi connectivity index (χ1n) is 9.79. The highest BCUT2D eigenvalue weighted by Gasteiger charge is 2.16. The van der Waals surface area contributed by atoms with Gasteiger partial charge in [-0.15, -0.1) is 11.3 Å². The molecule has 0 atom stereocenters. The standard InChI is InChI=1S/C23H21N3O3S/c1-14(7-8-15-9-10-19-20(11-15)29-13-28-19)24-25-22(27)21-12-17-16-5-3-4-6-18(16)26(2)23(17)30-21/h3-6,9-12H,7-8,13H2,1-2H3,(H,25,27)/b24-14-. The highest BCUT2D eigenvalue weighted by molar-refractivity contribution is 7.20. The highest BCUT2D eigenvalue weighted by atomic mass is 32.1. The van der Waals surface area contributed by atoms with Crippen LogP contribution in [-0.2, 0) is 13.5 Å². The van der Waals surface area contributed by atoms with Gasteiger partial charge >= 0.3 is 0 Å². The lowest BCUT2D eigenvalue weighted by molar-refractivity contribution is 0.0959. The van der Waals surface area contributed by atoms with E-state index in [4.69, 9.17) is 9.47 Å². The highest BCUT2D eigenvalue weighted by Crippen LogP contribution is 2.34. The van der Waals surface area contributed by atoms with Gasteiger partial charge in [-0.25, -0.2) is 5.43 Å². The molecule has 0 saturated heterocycles. The number of para-hydroxylation sites is 1. The summed E-state index contributed by atoms with van der Waals surface area (Å²) in [6, 6.07) is 16.1. The van der Waals surface area contributed by atoms with Crippen LogP contribution >= 0.6 is 11.3 Å². The van der Waals surface area contributed by atoms with Crippen molar-refractivity contribution in [3.63, 3.8) is 0 Å². The Kier molecular flexibility index (Phi) is 4.67. The van der Waals surface area contributed by atoms with Gasteiger partial charge in [0.1, 0.15) is 4.83 Å². The van der Waals surface area contributed by atoms with Crippen molar-refractivity contribution in [2.75, 3.05) is 6.79 Å². The molecule has 0 radical (unpaired) electrons. The minimum Gasteiger partial charge on any atom is -0.454 e. The number of hydrogen-bond acceptors (Lipinski definition) is 5. The SMILES string of the molecule is C/C(CCc1ccc2c(c1)OCO2)=N/NC(=O)c1cc2c3ccccc3n(C)c2s1. The number of nitrogens with zero attached hydrogens (tertiary/aromatic N) is 2. The maximum absolute atomic E-state index is 12.6. The van der Waals surface area contributed by atoms with Crippen LogP contribution in [0.3, 0.4) is 0 Å². The summed E-state index contributed by atoms with van der Waals surface area (Å²) in [4.78, 5) is 14.4. The topological polar surface area (TPSA) is 64.8 Å². The Morgan fingerprint density at radius 1 is 1.13 bits per heavy atom. The molecule has 2 aromatic carbocycles. The number of aromatic nitrogens is 1. The van der Waals surface area contributed by atoms with Crippen molar-refractivity contribution in [2.45, 2.75) is 19.8 Å². The van der Waals surface area contributed by atoms with Gasteiger partial charge in [0.15, 0.2) is 11.5 Å². The average Bonchev–Trinajstić information content (AvgIpc) is 3.47. The maximum atomic E-state index is 12.6. The predicted octanol–water partition coefficient (Wildman–Crippen LogP) is 4.86. The van der Waals surface area contributed by atoms with E-state index in [2.05, 4.69) is 27.2 Å². The molecule has 0 saturated carbocycles. The molecule has 1 aliphatic rings. The summed E-state index contributed by atoms with van der Waals surface area (Å²) < 4.78 is 12.9. The van der Waals surface area contributed by atoms with E-state index in [-0.39, 0.29) is 12.7 Å². The van der Waals surface area contributed by atoms with Gasteiger partial charge in [0.2, 0.25) is 6.79 Å². The van der Waals surface area contributed by atoms with Crippen LogP contribution in [0.4, 0.5) is 0 Å². The van der Waals surface area contributed by atoms with E-state index >= 15 is 0 Å². The van der Waals surface area contributed by atoms with Crippen LogP contribution in [-0.4, -0.2) is 23.0 Å². The van der Waals surface area contributed by atoms with Gasteiger partial charge in [0, 0.05) is 29.0 Å². The number of nitrogens with one attached hydrogen (secondary N) is 1. The fourth-order valence-corrected chi connectivity index (χ4v) is 4.76. The third-order valence-electron chi connectivity index (χ3n) is 5.36. The Labute approximate surface area is 177 Å². The van der Waals surface area contributed by atoms with Crippen molar-refractivity contribution in [3.8, 4) is 11.5 Å². The van der Waals surface area contributed by atoms with Gasteiger partial charge in [-0.3, -0.25) is 4.79 Å². The predicted molar refractivity (Wildman–Crippen MR) is 120 cm³/mol. The Bertz CT molecular complexity index is 1300. The summed E-state index contributed by atoms with van der Waals surface area (Å²) >= 11 is 1.49. The molecule has 5 rings (SSSR count). The second-order valence-corrected chi connectivity index (χ2v) is 8.41. The molecule has 0 spiro atoms. The first-order chi connectivity index (χ1) is 14.6. The molecule has 0 bridgehead atoms. The molecule has 30 heavy (non-hydrogen) atoms. The number of hydrazone groups is 1. The minimum absolute atomic E-state index is 0.178. The Balaban J connectivity index is 1.26. The summed E-state index contributed by atoms with van der Waals surface area (Å²) in [5, 5.41) is 6.55. The van der Waals surface area contributed by atoms with Gasteiger partial charge in [-0.05, 0) is 49.6 Å². The minimum atomic E-state index is -0.178. The number of fused-ring (bicyclic) bond motifs is 4. The number of hydrogen-bond donors (Lipinski definition) is 1. The number of ether oxygens (including phenoxy) is 2. The smallest absolute Gasteiger partial charge is 0.281 e. The Hall–Kier alpha value is -3.32. The van der Waals surface area contributed by atoms with Crippen LogP contribution in [0.5, 0.6) is 11.5 Å². The second kappa shape index (κ2) is 7.50. The summed E-state index contributed by atoms with van der Waals surface area (Å²) in [5.74, 6) is 1.39. The molecule has 1 aliphatic heterocycles. The van der Waals surface area contributed by atoms with Crippen LogP contribution in [0, 0.1) is 0 Å². The zero-order valence-corrected chi connectivity index (χ0v) is 17.6. The lowest BCUT2D eigenvalue weighted by atomic mass is 10.1. The van der Waals surface area contributed by atoms with E-state index in [1.165, 1.54) is 16.9 Å². The largest absolute Gasteiger partial charge is 0.454 e. The summed E-state index contributed by atoms with van der Waals surface area (Å²) in [5.41, 5.74) is 5.89. The number of rotatable bonds is 5. The number of thiophene rings is 1. The molecule has 4 aromatic rings. The van der Waals surface area contributed by atoms with Gasteiger partial charge < -0.3 is 14.0 Å². The van der Waals surface area contributed by atoms with Crippen LogP contribution in [0.2, 0.25) is 0 Å². The van der Waals surface area contributed by atoms with Gasteiger partial charge in [0.25, 0.3) is 5.91 Å². The first-order valence-corrected chi connectivity index (χ1v) is 10.6. The van der Waals surface area contributed by atoms with Crippen molar-refractivity contribution in [2.24, 2.45) is 12.1 Å². The Morgan fingerprint density at radius 3 is 2.87 bits per heavy atom. The molecular weight excluding hydrogens is 398 g/mol. The fraction of sp³-hybridized carbons (Fsp3) is 0.217. The third-order valence-corrected chi connectivity index (χ3v) is 6.57. The molecule has 0 fully saturated rings.